The largest absolute Gasteiger partial charge is 0.506 e. The zero-order valence-electron chi connectivity index (χ0n) is 11.1. The Morgan fingerprint density at radius 2 is 1.90 bits per heavy atom. The van der Waals surface area contributed by atoms with Crippen molar-refractivity contribution >= 4 is 17.9 Å². The molecular formula is C16H15NO3. The van der Waals surface area contributed by atoms with Crippen molar-refractivity contribution in [2.24, 2.45) is 4.99 Å². The molecule has 102 valence electrons. The van der Waals surface area contributed by atoms with E-state index in [1.165, 1.54) is 0 Å². The topological polar surface area (TPSA) is 58.9 Å². The van der Waals surface area contributed by atoms with Gasteiger partial charge in [-0.25, -0.2) is 4.79 Å². The fourth-order valence-corrected chi connectivity index (χ4v) is 1.72. The molecule has 0 aromatic heterocycles. The highest BCUT2D eigenvalue weighted by Gasteiger charge is 2.10. The number of phenols is 1. The number of nitrogens with zero attached hydrogens (tertiary/aromatic N) is 1. The standard InChI is InChI=1S/C16H15NO3/c1-2-20-16(19)13-8-4-3-7-12(13)11-17-14-9-5-6-10-15(14)18/h3-11,18H,2H2,1H3/b17-11-. The Labute approximate surface area is 117 Å². The van der Waals surface area contributed by atoms with E-state index in [0.29, 0.717) is 23.4 Å². The predicted molar refractivity (Wildman–Crippen MR) is 77.8 cm³/mol. The number of ether oxygens (including phenoxy) is 1. The number of phenolic OH excluding ortho intramolecular Hbond substituents is 1. The van der Waals surface area contributed by atoms with Crippen LogP contribution in [0.2, 0.25) is 0 Å². The van der Waals surface area contributed by atoms with E-state index >= 15 is 0 Å². The predicted octanol–water partition coefficient (Wildman–Crippen LogP) is 3.32. The van der Waals surface area contributed by atoms with Crippen LogP contribution in [0, 0.1) is 0 Å². The summed E-state index contributed by atoms with van der Waals surface area (Å²) in [5.41, 5.74) is 1.55. The van der Waals surface area contributed by atoms with Crippen molar-refractivity contribution in [2.75, 3.05) is 6.61 Å². The minimum absolute atomic E-state index is 0.0948. The molecule has 0 radical (unpaired) electrons. The van der Waals surface area contributed by atoms with E-state index < -0.39 is 0 Å². The summed E-state index contributed by atoms with van der Waals surface area (Å²) in [6, 6.07) is 13.8. The summed E-state index contributed by atoms with van der Waals surface area (Å²) >= 11 is 0. The van der Waals surface area contributed by atoms with E-state index in [1.54, 1.807) is 55.6 Å². The van der Waals surface area contributed by atoms with Gasteiger partial charge in [0.05, 0.1) is 12.2 Å². The Bertz CT molecular complexity index is 635. The Kier molecular flexibility index (Phi) is 4.50. The molecule has 0 amide bonds. The molecule has 0 fully saturated rings. The van der Waals surface area contributed by atoms with Gasteiger partial charge in [-0.2, -0.15) is 0 Å². The zero-order chi connectivity index (χ0) is 14.4. The van der Waals surface area contributed by atoms with Gasteiger partial charge in [0.25, 0.3) is 0 Å². The van der Waals surface area contributed by atoms with Crippen molar-refractivity contribution in [3.05, 3.63) is 59.7 Å². The van der Waals surface area contributed by atoms with Crippen LogP contribution in [0.3, 0.4) is 0 Å². The fourth-order valence-electron chi connectivity index (χ4n) is 1.72. The lowest BCUT2D eigenvalue weighted by atomic mass is 10.1. The lowest BCUT2D eigenvalue weighted by Gasteiger charge is -2.05. The van der Waals surface area contributed by atoms with Crippen molar-refractivity contribution in [3.63, 3.8) is 0 Å². The molecule has 0 atom stereocenters. The van der Waals surface area contributed by atoms with Crippen LogP contribution in [0.5, 0.6) is 5.75 Å². The van der Waals surface area contributed by atoms with E-state index in [9.17, 15) is 9.90 Å². The molecule has 4 heteroatoms. The fraction of sp³-hybridized carbons (Fsp3) is 0.125. The number of carbonyl (C=O) groups is 1. The summed E-state index contributed by atoms with van der Waals surface area (Å²) in [7, 11) is 0. The lowest BCUT2D eigenvalue weighted by molar-refractivity contribution is 0.0526. The second-order valence-electron chi connectivity index (χ2n) is 4.05. The Morgan fingerprint density at radius 3 is 2.65 bits per heavy atom. The second kappa shape index (κ2) is 6.52. The molecule has 2 aromatic carbocycles. The molecule has 0 aliphatic carbocycles. The highest BCUT2D eigenvalue weighted by Crippen LogP contribution is 2.24. The number of hydrogen-bond donors (Lipinski definition) is 1. The Morgan fingerprint density at radius 1 is 1.20 bits per heavy atom. The van der Waals surface area contributed by atoms with Gasteiger partial charge in [0.1, 0.15) is 11.4 Å². The van der Waals surface area contributed by atoms with Crippen LogP contribution in [-0.2, 0) is 4.74 Å². The van der Waals surface area contributed by atoms with E-state index in [1.807, 2.05) is 6.07 Å². The first-order valence-electron chi connectivity index (χ1n) is 6.30. The molecule has 0 aliphatic heterocycles. The summed E-state index contributed by atoms with van der Waals surface area (Å²) in [5.74, 6) is -0.288. The SMILES string of the molecule is CCOC(=O)c1ccccc1/C=N\c1ccccc1O. The first-order valence-corrected chi connectivity index (χ1v) is 6.30. The maximum absolute atomic E-state index is 11.8. The van der Waals surface area contributed by atoms with E-state index in [4.69, 9.17) is 4.74 Å². The summed E-state index contributed by atoms with van der Waals surface area (Å²) in [4.78, 5) is 16.0. The molecule has 4 nitrogen and oxygen atoms in total. The quantitative estimate of drug-likeness (QED) is 0.684. The van der Waals surface area contributed by atoms with Gasteiger partial charge in [-0.15, -0.1) is 0 Å². The molecular weight excluding hydrogens is 254 g/mol. The minimum atomic E-state index is -0.383. The van der Waals surface area contributed by atoms with Crippen LogP contribution < -0.4 is 0 Å². The monoisotopic (exact) mass is 269 g/mol. The third kappa shape index (κ3) is 3.23. The maximum Gasteiger partial charge on any atom is 0.338 e. The van der Waals surface area contributed by atoms with E-state index in [2.05, 4.69) is 4.99 Å². The Hall–Kier alpha value is -2.62. The smallest absolute Gasteiger partial charge is 0.338 e. The van der Waals surface area contributed by atoms with Crippen LogP contribution in [0.15, 0.2) is 53.5 Å². The summed E-state index contributed by atoms with van der Waals surface area (Å²) in [6.45, 7) is 2.08. The number of hydrogen-bond acceptors (Lipinski definition) is 4. The molecule has 0 bridgehead atoms. The molecule has 20 heavy (non-hydrogen) atoms. The second-order valence-corrected chi connectivity index (χ2v) is 4.05. The summed E-state index contributed by atoms with van der Waals surface area (Å²) in [6.07, 6.45) is 1.54. The van der Waals surface area contributed by atoms with Crippen molar-refractivity contribution < 1.29 is 14.6 Å². The highest BCUT2D eigenvalue weighted by molar-refractivity contribution is 6.00. The van der Waals surface area contributed by atoms with E-state index in [-0.39, 0.29) is 11.7 Å². The third-order valence-electron chi connectivity index (χ3n) is 2.68. The lowest BCUT2D eigenvalue weighted by Crippen LogP contribution is -2.07. The van der Waals surface area contributed by atoms with Gasteiger partial charge >= 0.3 is 5.97 Å². The molecule has 0 spiro atoms. The van der Waals surface area contributed by atoms with Crippen LogP contribution in [0.4, 0.5) is 5.69 Å². The average molecular weight is 269 g/mol. The summed E-state index contributed by atoms with van der Waals surface area (Å²) in [5, 5.41) is 9.65. The van der Waals surface area contributed by atoms with Crippen molar-refractivity contribution in [2.45, 2.75) is 6.92 Å². The number of benzene rings is 2. The summed E-state index contributed by atoms with van der Waals surface area (Å²) < 4.78 is 4.99. The molecule has 0 aliphatic rings. The number of aliphatic imine (C=N–C) groups is 1. The molecule has 0 heterocycles. The molecule has 1 N–H and O–H groups in total. The van der Waals surface area contributed by atoms with Gasteiger partial charge in [0.15, 0.2) is 0 Å². The van der Waals surface area contributed by atoms with Gasteiger partial charge in [0, 0.05) is 11.8 Å². The Balaban J connectivity index is 2.30. The first kappa shape index (κ1) is 13.8. The van der Waals surface area contributed by atoms with Crippen LogP contribution in [0.25, 0.3) is 0 Å². The average Bonchev–Trinajstić information content (AvgIpc) is 2.47. The third-order valence-corrected chi connectivity index (χ3v) is 2.68. The van der Waals surface area contributed by atoms with E-state index in [0.717, 1.165) is 0 Å². The van der Waals surface area contributed by atoms with Gasteiger partial charge in [-0.1, -0.05) is 30.3 Å². The molecule has 0 unspecified atom stereocenters. The van der Waals surface area contributed by atoms with Crippen molar-refractivity contribution in [1.82, 2.24) is 0 Å². The number of esters is 1. The van der Waals surface area contributed by atoms with Crippen LogP contribution >= 0.6 is 0 Å². The van der Waals surface area contributed by atoms with Gasteiger partial charge in [0.2, 0.25) is 0 Å². The molecule has 0 saturated heterocycles. The van der Waals surface area contributed by atoms with Crippen LogP contribution in [0.1, 0.15) is 22.8 Å². The minimum Gasteiger partial charge on any atom is -0.506 e. The maximum atomic E-state index is 11.8. The van der Waals surface area contributed by atoms with Gasteiger partial charge in [-0.05, 0) is 25.1 Å². The molecule has 2 rings (SSSR count). The number of aromatic hydroxyl groups is 1. The number of para-hydroxylation sites is 2. The van der Waals surface area contributed by atoms with Crippen LogP contribution in [-0.4, -0.2) is 23.9 Å². The first-order chi connectivity index (χ1) is 9.72. The molecule has 0 saturated carbocycles. The molecule has 2 aromatic rings. The van der Waals surface area contributed by atoms with Crippen molar-refractivity contribution in [3.8, 4) is 5.75 Å². The van der Waals surface area contributed by atoms with Gasteiger partial charge < -0.3 is 9.84 Å². The van der Waals surface area contributed by atoms with Crippen molar-refractivity contribution in [1.29, 1.82) is 0 Å². The zero-order valence-corrected chi connectivity index (χ0v) is 11.1. The normalized spacial score (nSPS) is 10.7. The van der Waals surface area contributed by atoms with Gasteiger partial charge in [-0.3, -0.25) is 4.99 Å². The highest BCUT2D eigenvalue weighted by atomic mass is 16.5. The number of rotatable bonds is 4. The number of carbonyl (C=O) groups excluding carboxylic acids is 1.